The van der Waals surface area contributed by atoms with Gasteiger partial charge in [0.2, 0.25) is 0 Å². The van der Waals surface area contributed by atoms with Crippen LogP contribution in [0.25, 0.3) is 32.6 Å². The van der Waals surface area contributed by atoms with Crippen LogP contribution in [0.2, 0.25) is 0 Å². The molecule has 0 saturated carbocycles. The second-order valence-electron chi connectivity index (χ2n) is 9.90. The van der Waals surface area contributed by atoms with E-state index in [1.807, 2.05) is 24.3 Å². The molecule has 1 fully saturated rings. The van der Waals surface area contributed by atoms with E-state index in [4.69, 9.17) is 4.74 Å². The molecular weight excluding hydrogens is 448 g/mol. The molecule has 5 heteroatoms. The van der Waals surface area contributed by atoms with Gasteiger partial charge in [0, 0.05) is 34.8 Å². The molecule has 1 saturated heterocycles. The van der Waals surface area contributed by atoms with Crippen molar-refractivity contribution in [3.8, 4) is 17.2 Å². The summed E-state index contributed by atoms with van der Waals surface area (Å²) in [5.74, 6) is 1.42. The predicted molar refractivity (Wildman–Crippen MR) is 146 cm³/mol. The van der Waals surface area contributed by atoms with Gasteiger partial charge in [0.05, 0.1) is 5.52 Å². The number of hydrogen-bond acceptors (Lipinski definition) is 4. The standard InChI is InChI=1S/C31H32N2O3/c34-24-8-13-27-23(19-24)7-12-28-29-20-25(35)9-14-30(29)33(31(27)28)21-22-5-10-26(11-6-22)36-18-17-32-15-3-1-2-4-16-32/h5-14,19-20,34-35H,1-4,15-18,21H2. The monoisotopic (exact) mass is 480 g/mol. The molecule has 184 valence electrons. The summed E-state index contributed by atoms with van der Waals surface area (Å²) in [6.07, 6.45) is 5.30. The number of nitrogens with zero attached hydrogens (tertiary/aromatic N) is 2. The lowest BCUT2D eigenvalue weighted by Crippen LogP contribution is -2.29. The average molecular weight is 481 g/mol. The molecule has 6 rings (SSSR count). The number of phenols is 2. The van der Waals surface area contributed by atoms with Crippen LogP contribution in [0.1, 0.15) is 31.2 Å². The summed E-state index contributed by atoms with van der Waals surface area (Å²) in [6.45, 7) is 4.77. The molecule has 0 amide bonds. The van der Waals surface area contributed by atoms with Gasteiger partial charge in [0.1, 0.15) is 23.9 Å². The first kappa shape index (κ1) is 22.7. The molecule has 0 atom stereocenters. The molecule has 1 aliphatic rings. The van der Waals surface area contributed by atoms with E-state index in [0.29, 0.717) is 13.2 Å². The van der Waals surface area contributed by atoms with Crippen molar-refractivity contribution >= 4 is 32.6 Å². The lowest BCUT2D eigenvalue weighted by molar-refractivity contribution is 0.214. The van der Waals surface area contributed by atoms with Crippen LogP contribution >= 0.6 is 0 Å². The van der Waals surface area contributed by atoms with Gasteiger partial charge in [-0.05, 0) is 85.4 Å². The van der Waals surface area contributed by atoms with Crippen molar-refractivity contribution in [3.63, 3.8) is 0 Å². The molecule has 0 spiro atoms. The second-order valence-corrected chi connectivity index (χ2v) is 9.90. The highest BCUT2D eigenvalue weighted by Crippen LogP contribution is 2.37. The van der Waals surface area contributed by atoms with Crippen molar-refractivity contribution in [3.05, 3.63) is 78.4 Å². The van der Waals surface area contributed by atoms with Crippen LogP contribution < -0.4 is 4.74 Å². The van der Waals surface area contributed by atoms with Gasteiger partial charge in [-0.25, -0.2) is 0 Å². The van der Waals surface area contributed by atoms with E-state index in [-0.39, 0.29) is 11.5 Å². The van der Waals surface area contributed by atoms with Gasteiger partial charge in [0.15, 0.2) is 0 Å². The Labute approximate surface area is 211 Å². The zero-order valence-electron chi connectivity index (χ0n) is 20.5. The van der Waals surface area contributed by atoms with E-state index in [1.54, 1.807) is 18.2 Å². The number of benzene rings is 4. The highest BCUT2D eigenvalue weighted by atomic mass is 16.5. The molecule has 36 heavy (non-hydrogen) atoms. The molecule has 0 bridgehead atoms. The molecule has 2 heterocycles. The third-order valence-electron chi connectivity index (χ3n) is 7.44. The van der Waals surface area contributed by atoms with Crippen molar-refractivity contribution in [1.82, 2.24) is 9.47 Å². The Balaban J connectivity index is 1.28. The zero-order valence-corrected chi connectivity index (χ0v) is 20.5. The maximum absolute atomic E-state index is 10.2. The third-order valence-corrected chi connectivity index (χ3v) is 7.44. The van der Waals surface area contributed by atoms with Crippen molar-refractivity contribution in [2.45, 2.75) is 32.2 Å². The lowest BCUT2D eigenvalue weighted by Gasteiger charge is -2.19. The van der Waals surface area contributed by atoms with Gasteiger partial charge in [-0.1, -0.05) is 37.1 Å². The fourth-order valence-electron chi connectivity index (χ4n) is 5.59. The van der Waals surface area contributed by atoms with Crippen LogP contribution in [0.3, 0.4) is 0 Å². The number of fused-ring (bicyclic) bond motifs is 5. The fraction of sp³-hybridized carbons (Fsp3) is 0.290. The third kappa shape index (κ3) is 4.47. The van der Waals surface area contributed by atoms with Gasteiger partial charge in [0.25, 0.3) is 0 Å². The Morgan fingerprint density at radius 2 is 1.42 bits per heavy atom. The minimum Gasteiger partial charge on any atom is -0.508 e. The molecule has 0 aliphatic carbocycles. The molecule has 5 aromatic rings. The predicted octanol–water partition coefficient (Wildman–Crippen LogP) is 6.66. The van der Waals surface area contributed by atoms with E-state index >= 15 is 0 Å². The van der Waals surface area contributed by atoms with E-state index < -0.39 is 0 Å². The Kier molecular flexibility index (Phi) is 6.16. The number of hydrogen-bond donors (Lipinski definition) is 2. The van der Waals surface area contributed by atoms with Crippen LogP contribution in [0.15, 0.2) is 72.8 Å². The van der Waals surface area contributed by atoms with E-state index in [2.05, 4.69) is 39.8 Å². The number of phenolic OH excluding ortho intramolecular Hbond substituents is 2. The number of aromatic hydroxyl groups is 2. The maximum Gasteiger partial charge on any atom is 0.119 e. The highest BCUT2D eigenvalue weighted by Gasteiger charge is 2.15. The van der Waals surface area contributed by atoms with Gasteiger partial charge < -0.3 is 19.5 Å². The van der Waals surface area contributed by atoms with Gasteiger partial charge in [-0.3, -0.25) is 4.90 Å². The Morgan fingerprint density at radius 3 is 2.22 bits per heavy atom. The van der Waals surface area contributed by atoms with Crippen LogP contribution in [-0.2, 0) is 6.54 Å². The molecule has 0 unspecified atom stereocenters. The summed E-state index contributed by atoms with van der Waals surface area (Å²) in [6, 6.07) is 23.6. The smallest absolute Gasteiger partial charge is 0.119 e. The molecule has 5 nitrogen and oxygen atoms in total. The normalized spacial score (nSPS) is 15.0. The molecule has 4 aromatic carbocycles. The first-order chi connectivity index (χ1) is 17.7. The number of ether oxygens (including phenoxy) is 1. The van der Waals surface area contributed by atoms with Crippen molar-refractivity contribution in [2.75, 3.05) is 26.2 Å². The summed E-state index contributed by atoms with van der Waals surface area (Å²) in [4.78, 5) is 2.52. The highest BCUT2D eigenvalue weighted by molar-refractivity contribution is 6.18. The summed E-state index contributed by atoms with van der Waals surface area (Å²) >= 11 is 0. The van der Waals surface area contributed by atoms with E-state index in [1.165, 1.54) is 44.3 Å². The lowest BCUT2D eigenvalue weighted by atomic mass is 10.1. The van der Waals surface area contributed by atoms with Crippen molar-refractivity contribution < 1.29 is 14.9 Å². The zero-order chi connectivity index (χ0) is 24.5. The first-order valence-corrected chi connectivity index (χ1v) is 13.0. The largest absolute Gasteiger partial charge is 0.508 e. The molecule has 0 radical (unpaired) electrons. The van der Waals surface area contributed by atoms with Crippen LogP contribution in [0.5, 0.6) is 17.2 Å². The number of likely N-dealkylation sites (tertiary alicyclic amines) is 1. The van der Waals surface area contributed by atoms with Gasteiger partial charge in [-0.2, -0.15) is 0 Å². The van der Waals surface area contributed by atoms with E-state index in [9.17, 15) is 10.2 Å². The van der Waals surface area contributed by atoms with Crippen LogP contribution in [-0.4, -0.2) is 45.9 Å². The minimum absolute atomic E-state index is 0.258. The SMILES string of the molecule is Oc1ccc2c(ccc3c4cc(O)ccc4n(Cc4ccc(OCCN5CCCCCC5)cc4)c23)c1. The van der Waals surface area contributed by atoms with Gasteiger partial charge in [-0.15, -0.1) is 0 Å². The molecule has 1 aromatic heterocycles. The summed E-state index contributed by atoms with van der Waals surface area (Å²) < 4.78 is 8.37. The second kappa shape index (κ2) is 9.75. The topological polar surface area (TPSA) is 57.9 Å². The molecular formula is C31H32N2O3. The first-order valence-electron chi connectivity index (χ1n) is 13.0. The van der Waals surface area contributed by atoms with Crippen LogP contribution in [0.4, 0.5) is 0 Å². The van der Waals surface area contributed by atoms with Crippen LogP contribution in [0, 0.1) is 0 Å². The average Bonchev–Trinajstić information content (AvgIpc) is 3.02. The molecule has 1 aliphatic heterocycles. The van der Waals surface area contributed by atoms with E-state index in [0.717, 1.165) is 44.9 Å². The van der Waals surface area contributed by atoms with Crippen molar-refractivity contribution in [2.24, 2.45) is 0 Å². The fourth-order valence-corrected chi connectivity index (χ4v) is 5.59. The number of aromatic nitrogens is 1. The maximum atomic E-state index is 10.2. The summed E-state index contributed by atoms with van der Waals surface area (Å²) in [7, 11) is 0. The summed E-state index contributed by atoms with van der Waals surface area (Å²) in [5, 5.41) is 24.4. The Hall–Kier alpha value is -3.70. The quantitative estimate of drug-likeness (QED) is 0.285. The summed E-state index contributed by atoms with van der Waals surface area (Å²) in [5.41, 5.74) is 3.35. The number of rotatable bonds is 6. The van der Waals surface area contributed by atoms with Crippen molar-refractivity contribution in [1.29, 1.82) is 0 Å². The Bertz CT molecular complexity index is 1510. The minimum atomic E-state index is 0.258. The Morgan fingerprint density at radius 1 is 0.694 bits per heavy atom. The van der Waals surface area contributed by atoms with Gasteiger partial charge >= 0.3 is 0 Å². The molecule has 2 N–H and O–H groups in total.